The monoisotopic (exact) mass is 354 g/mol. The summed E-state index contributed by atoms with van der Waals surface area (Å²) in [5, 5.41) is 12.4. The number of aliphatic hydroxyl groups is 1. The van der Waals surface area contributed by atoms with Gasteiger partial charge in [0.25, 0.3) is 0 Å². The second-order valence-electron chi connectivity index (χ2n) is 7.48. The molecule has 2 fully saturated rings. The molecule has 1 saturated carbocycles. The smallest absolute Gasteiger partial charge is 0.379 e. The number of nitrogens with zero attached hydrogens (tertiary/aromatic N) is 1. The van der Waals surface area contributed by atoms with Crippen LogP contribution in [0.4, 0.5) is 18.0 Å². The van der Waals surface area contributed by atoms with Crippen molar-refractivity contribution in [2.45, 2.75) is 37.0 Å². The maximum Gasteiger partial charge on any atom is 0.419 e. The van der Waals surface area contributed by atoms with E-state index < -0.39 is 30.8 Å². The molecule has 7 heteroatoms. The van der Waals surface area contributed by atoms with Gasteiger partial charge in [0, 0.05) is 19.5 Å². The first-order valence-electron chi connectivity index (χ1n) is 8.70. The first-order valence-corrected chi connectivity index (χ1v) is 8.70. The number of carbonyl (C=O) groups is 1. The van der Waals surface area contributed by atoms with Crippen molar-refractivity contribution < 1.29 is 23.1 Å². The number of hydrogen-bond acceptors (Lipinski definition) is 2. The van der Waals surface area contributed by atoms with E-state index in [1.807, 2.05) is 12.1 Å². The molecule has 4 rings (SSSR count). The number of rotatable bonds is 2. The summed E-state index contributed by atoms with van der Waals surface area (Å²) in [6, 6.07) is 7.82. The minimum Gasteiger partial charge on any atom is -0.379 e. The number of likely N-dealkylation sites (tertiary alicyclic amines) is 1. The van der Waals surface area contributed by atoms with E-state index in [2.05, 4.69) is 17.4 Å². The Balaban J connectivity index is 1.33. The first kappa shape index (κ1) is 16.7. The van der Waals surface area contributed by atoms with Crippen molar-refractivity contribution in [1.82, 2.24) is 10.2 Å². The van der Waals surface area contributed by atoms with Gasteiger partial charge in [0.1, 0.15) is 0 Å². The highest BCUT2D eigenvalue weighted by molar-refractivity contribution is 5.74. The maximum absolute atomic E-state index is 12.8. The van der Waals surface area contributed by atoms with Crippen molar-refractivity contribution in [1.29, 1.82) is 0 Å². The molecule has 4 nitrogen and oxygen atoms in total. The number of carbonyl (C=O) groups excluding carboxylic acids is 1. The number of halogens is 3. The molecule has 2 aliphatic carbocycles. The van der Waals surface area contributed by atoms with E-state index in [4.69, 9.17) is 0 Å². The Labute approximate surface area is 144 Å². The number of nitrogens with one attached hydrogen (secondary N) is 1. The van der Waals surface area contributed by atoms with Gasteiger partial charge >= 0.3 is 12.2 Å². The molecule has 136 valence electrons. The summed E-state index contributed by atoms with van der Waals surface area (Å²) in [5.74, 6) is 1.37. The number of β-amino-alcohol motifs (C(OH)–C–C–N with tert-alkyl or cyclic N) is 1. The third kappa shape index (κ3) is 2.78. The molecule has 1 heterocycles. The zero-order valence-electron chi connectivity index (χ0n) is 13.7. The van der Waals surface area contributed by atoms with Crippen LogP contribution in [0.5, 0.6) is 0 Å². The summed E-state index contributed by atoms with van der Waals surface area (Å²) in [6.45, 7) is -0.297. The van der Waals surface area contributed by atoms with E-state index in [1.165, 1.54) is 11.1 Å². The fourth-order valence-corrected chi connectivity index (χ4v) is 4.50. The van der Waals surface area contributed by atoms with Crippen LogP contribution in [-0.2, 0) is 6.42 Å². The molecule has 2 amide bonds. The van der Waals surface area contributed by atoms with Crippen LogP contribution in [0, 0.1) is 11.8 Å². The molecule has 0 radical (unpaired) electrons. The first-order chi connectivity index (χ1) is 11.8. The third-order valence-corrected chi connectivity index (χ3v) is 6.04. The molecule has 1 saturated heterocycles. The van der Waals surface area contributed by atoms with Gasteiger partial charge in [-0.3, -0.25) is 0 Å². The van der Waals surface area contributed by atoms with Crippen LogP contribution in [0.2, 0.25) is 0 Å². The number of amides is 2. The van der Waals surface area contributed by atoms with Crippen molar-refractivity contribution in [2.75, 3.05) is 19.6 Å². The van der Waals surface area contributed by atoms with Crippen LogP contribution in [0.25, 0.3) is 0 Å². The summed E-state index contributed by atoms with van der Waals surface area (Å²) in [6.07, 6.45) is -3.03. The highest BCUT2D eigenvalue weighted by Gasteiger charge is 2.58. The number of alkyl halides is 3. The lowest BCUT2D eigenvalue weighted by atomic mass is 9.92. The largest absolute Gasteiger partial charge is 0.419 e. The van der Waals surface area contributed by atoms with Crippen LogP contribution in [-0.4, -0.2) is 47.4 Å². The van der Waals surface area contributed by atoms with E-state index in [-0.39, 0.29) is 6.54 Å². The molecule has 1 aliphatic heterocycles. The second-order valence-corrected chi connectivity index (χ2v) is 7.48. The molecule has 0 spiro atoms. The van der Waals surface area contributed by atoms with Gasteiger partial charge in [0.2, 0.25) is 0 Å². The molecule has 1 aromatic carbocycles. The van der Waals surface area contributed by atoms with Gasteiger partial charge in [-0.1, -0.05) is 24.3 Å². The summed E-state index contributed by atoms with van der Waals surface area (Å²) in [4.78, 5) is 13.2. The van der Waals surface area contributed by atoms with Crippen molar-refractivity contribution in [2.24, 2.45) is 11.8 Å². The zero-order chi connectivity index (χ0) is 17.8. The Hall–Kier alpha value is -1.76. The van der Waals surface area contributed by atoms with E-state index in [0.29, 0.717) is 24.3 Å². The Morgan fingerprint density at radius 1 is 1.36 bits per heavy atom. The Morgan fingerprint density at radius 3 is 2.84 bits per heavy atom. The van der Waals surface area contributed by atoms with E-state index in [0.717, 1.165) is 17.7 Å². The van der Waals surface area contributed by atoms with Crippen molar-refractivity contribution >= 4 is 6.03 Å². The molecular weight excluding hydrogens is 333 g/mol. The molecule has 4 atom stereocenters. The molecule has 1 aromatic rings. The topological polar surface area (TPSA) is 52.6 Å². The average Bonchev–Trinajstić information content (AvgIpc) is 3.14. The molecule has 2 N–H and O–H groups in total. The fourth-order valence-electron chi connectivity index (χ4n) is 4.50. The van der Waals surface area contributed by atoms with E-state index >= 15 is 0 Å². The Morgan fingerprint density at radius 2 is 2.12 bits per heavy atom. The number of hydrogen-bond donors (Lipinski definition) is 2. The molecule has 0 unspecified atom stereocenters. The van der Waals surface area contributed by atoms with Crippen molar-refractivity contribution in [3.05, 3.63) is 35.4 Å². The molecular formula is C18H21F3N2O2. The standard InChI is InChI=1S/C18H21F3N2O2/c19-18(20,21)17(25)7-8-23(10-17)16(24)22-9-14-13-6-5-11-3-1-2-4-12(11)15(13)14/h1-4,13-15,25H,5-10H2,(H,22,24)/t13-,14+,15+,17+/m0/s1. The number of benzene rings is 1. The van der Waals surface area contributed by atoms with Crippen LogP contribution in [0.3, 0.4) is 0 Å². The minimum atomic E-state index is -4.71. The lowest BCUT2D eigenvalue weighted by Gasteiger charge is -2.26. The normalized spacial score (nSPS) is 33.6. The van der Waals surface area contributed by atoms with E-state index in [1.54, 1.807) is 0 Å². The summed E-state index contributed by atoms with van der Waals surface area (Å²) in [5.41, 5.74) is -0.0606. The van der Waals surface area contributed by atoms with Crippen LogP contribution in [0.1, 0.15) is 29.9 Å². The van der Waals surface area contributed by atoms with Gasteiger partial charge in [-0.2, -0.15) is 13.2 Å². The van der Waals surface area contributed by atoms with E-state index in [9.17, 15) is 23.1 Å². The highest BCUT2D eigenvalue weighted by Crippen LogP contribution is 2.59. The summed E-state index contributed by atoms with van der Waals surface area (Å²) in [7, 11) is 0. The maximum atomic E-state index is 12.8. The van der Waals surface area contributed by atoms with Crippen molar-refractivity contribution in [3.63, 3.8) is 0 Å². The second kappa shape index (κ2) is 5.62. The summed E-state index contributed by atoms with van der Waals surface area (Å²) >= 11 is 0. The lowest BCUT2D eigenvalue weighted by Crippen LogP contribution is -2.49. The zero-order valence-corrected chi connectivity index (χ0v) is 13.7. The quantitative estimate of drug-likeness (QED) is 0.858. The van der Waals surface area contributed by atoms with Gasteiger partial charge in [0.15, 0.2) is 5.60 Å². The Bertz CT molecular complexity index is 693. The Kier molecular flexibility index (Phi) is 3.76. The van der Waals surface area contributed by atoms with Gasteiger partial charge in [-0.15, -0.1) is 0 Å². The minimum absolute atomic E-state index is 0.0812. The number of urea groups is 1. The lowest BCUT2D eigenvalue weighted by molar-refractivity contribution is -0.253. The van der Waals surface area contributed by atoms with Gasteiger partial charge < -0.3 is 15.3 Å². The summed E-state index contributed by atoms with van der Waals surface area (Å²) < 4.78 is 38.5. The average molecular weight is 354 g/mol. The molecule has 3 aliphatic rings. The predicted molar refractivity (Wildman–Crippen MR) is 85.1 cm³/mol. The van der Waals surface area contributed by atoms with Crippen LogP contribution >= 0.6 is 0 Å². The SMILES string of the molecule is O=C(NC[C@@H]1[C@@H]2CCc3ccccc3[C@@H]12)N1CC[C@](O)(C(F)(F)F)C1. The fraction of sp³-hybridized carbons (Fsp3) is 0.611. The number of fused-ring (bicyclic) bond motifs is 3. The molecule has 0 aromatic heterocycles. The molecule has 0 bridgehead atoms. The number of aryl methyl sites for hydroxylation is 1. The third-order valence-electron chi connectivity index (χ3n) is 6.04. The van der Waals surface area contributed by atoms with Crippen LogP contribution < -0.4 is 5.32 Å². The van der Waals surface area contributed by atoms with Crippen LogP contribution in [0.15, 0.2) is 24.3 Å². The predicted octanol–water partition coefficient (Wildman–Crippen LogP) is 2.67. The molecule has 25 heavy (non-hydrogen) atoms. The highest BCUT2D eigenvalue weighted by atomic mass is 19.4. The van der Waals surface area contributed by atoms with Gasteiger partial charge in [-0.05, 0) is 41.7 Å². The van der Waals surface area contributed by atoms with Gasteiger partial charge in [0.05, 0.1) is 6.54 Å². The van der Waals surface area contributed by atoms with Crippen molar-refractivity contribution in [3.8, 4) is 0 Å². The van der Waals surface area contributed by atoms with Gasteiger partial charge in [-0.25, -0.2) is 4.79 Å².